The molecule has 2 N–H and O–H groups in total. The van der Waals surface area contributed by atoms with E-state index in [9.17, 15) is 4.79 Å². The fraction of sp³-hybridized carbons (Fsp3) is 0.545. The monoisotopic (exact) mass is 220 g/mol. The normalized spacial score (nSPS) is 15.3. The van der Waals surface area contributed by atoms with Gasteiger partial charge >= 0.3 is 6.03 Å². The standard InChI is InChI=1S/C11H16N4O/c1-8-12-6-5-10(14-8)7-13-11(16)15-9-3-2-4-9/h5-6,9H,2-4,7H2,1H3,(H2,13,15,16). The molecule has 0 spiro atoms. The Hall–Kier alpha value is -1.65. The lowest BCUT2D eigenvalue weighted by atomic mass is 9.93. The zero-order chi connectivity index (χ0) is 11.4. The van der Waals surface area contributed by atoms with Crippen molar-refractivity contribution in [3.05, 3.63) is 23.8 Å². The van der Waals surface area contributed by atoms with Gasteiger partial charge in [-0.3, -0.25) is 0 Å². The van der Waals surface area contributed by atoms with E-state index in [0.29, 0.717) is 12.6 Å². The first kappa shape index (κ1) is 10.9. The Labute approximate surface area is 94.7 Å². The first-order valence-electron chi connectivity index (χ1n) is 5.57. The molecule has 0 atom stereocenters. The Morgan fingerprint density at radius 1 is 1.56 bits per heavy atom. The van der Waals surface area contributed by atoms with Crippen molar-refractivity contribution in [2.24, 2.45) is 0 Å². The Bertz CT molecular complexity index is 376. The molecule has 1 aromatic heterocycles. The molecule has 86 valence electrons. The molecule has 1 aliphatic carbocycles. The van der Waals surface area contributed by atoms with Crippen LogP contribution in [0.5, 0.6) is 0 Å². The predicted octanol–water partition coefficient (Wildman–Crippen LogP) is 1.14. The molecule has 1 aromatic rings. The van der Waals surface area contributed by atoms with Crippen molar-refractivity contribution in [3.63, 3.8) is 0 Å². The van der Waals surface area contributed by atoms with Crippen LogP contribution in [-0.4, -0.2) is 22.0 Å². The summed E-state index contributed by atoms with van der Waals surface area (Å²) in [5, 5.41) is 5.69. The molecule has 0 saturated heterocycles. The van der Waals surface area contributed by atoms with Crippen molar-refractivity contribution in [2.45, 2.75) is 38.8 Å². The van der Waals surface area contributed by atoms with Gasteiger partial charge in [0.1, 0.15) is 5.82 Å². The summed E-state index contributed by atoms with van der Waals surface area (Å²) in [5.41, 5.74) is 0.830. The number of amides is 2. The fourth-order valence-electron chi connectivity index (χ4n) is 1.56. The van der Waals surface area contributed by atoms with Gasteiger partial charge in [-0.2, -0.15) is 0 Å². The number of carbonyl (C=O) groups excluding carboxylic acids is 1. The number of aryl methyl sites for hydroxylation is 1. The van der Waals surface area contributed by atoms with Gasteiger partial charge in [-0.05, 0) is 32.3 Å². The maximum atomic E-state index is 11.4. The van der Waals surface area contributed by atoms with Gasteiger partial charge in [0.05, 0.1) is 12.2 Å². The average Bonchev–Trinajstić information content (AvgIpc) is 2.21. The molecule has 16 heavy (non-hydrogen) atoms. The van der Waals surface area contributed by atoms with Crippen molar-refractivity contribution < 1.29 is 4.79 Å². The Balaban J connectivity index is 1.75. The highest BCUT2D eigenvalue weighted by Gasteiger charge is 2.18. The van der Waals surface area contributed by atoms with Gasteiger partial charge in [0.15, 0.2) is 0 Å². The van der Waals surface area contributed by atoms with Crippen molar-refractivity contribution in [1.82, 2.24) is 20.6 Å². The van der Waals surface area contributed by atoms with Crippen molar-refractivity contribution in [1.29, 1.82) is 0 Å². The minimum atomic E-state index is -0.110. The van der Waals surface area contributed by atoms with Gasteiger partial charge in [0, 0.05) is 12.2 Å². The number of aromatic nitrogens is 2. The van der Waals surface area contributed by atoms with Gasteiger partial charge in [-0.15, -0.1) is 0 Å². The average molecular weight is 220 g/mol. The first-order valence-corrected chi connectivity index (χ1v) is 5.57. The van der Waals surface area contributed by atoms with Crippen LogP contribution in [0.3, 0.4) is 0 Å². The SMILES string of the molecule is Cc1nccc(CNC(=O)NC2CCC2)n1. The van der Waals surface area contributed by atoms with Gasteiger partial charge in [-0.25, -0.2) is 14.8 Å². The van der Waals surface area contributed by atoms with Gasteiger partial charge in [0.25, 0.3) is 0 Å². The third-order valence-corrected chi connectivity index (χ3v) is 2.70. The third-order valence-electron chi connectivity index (χ3n) is 2.70. The number of hydrogen-bond donors (Lipinski definition) is 2. The van der Waals surface area contributed by atoms with Crippen LogP contribution in [0.4, 0.5) is 4.79 Å². The van der Waals surface area contributed by atoms with E-state index in [2.05, 4.69) is 20.6 Å². The summed E-state index contributed by atoms with van der Waals surface area (Å²) < 4.78 is 0. The second kappa shape index (κ2) is 4.92. The van der Waals surface area contributed by atoms with Crippen LogP contribution in [0.1, 0.15) is 30.8 Å². The molecule has 5 heteroatoms. The van der Waals surface area contributed by atoms with Crippen molar-refractivity contribution >= 4 is 6.03 Å². The lowest BCUT2D eigenvalue weighted by Gasteiger charge is -2.26. The Kier molecular flexibility index (Phi) is 3.34. The molecule has 1 aliphatic rings. The van der Waals surface area contributed by atoms with Gasteiger partial charge in [0.2, 0.25) is 0 Å². The summed E-state index contributed by atoms with van der Waals surface area (Å²) in [6.45, 7) is 2.28. The summed E-state index contributed by atoms with van der Waals surface area (Å²) in [6.07, 6.45) is 5.11. The van der Waals surface area contributed by atoms with E-state index in [4.69, 9.17) is 0 Å². The van der Waals surface area contributed by atoms with Crippen LogP contribution in [0, 0.1) is 6.92 Å². The zero-order valence-corrected chi connectivity index (χ0v) is 9.36. The van der Waals surface area contributed by atoms with Crippen LogP contribution in [0.15, 0.2) is 12.3 Å². The maximum Gasteiger partial charge on any atom is 0.315 e. The van der Waals surface area contributed by atoms with E-state index < -0.39 is 0 Å². The lowest BCUT2D eigenvalue weighted by Crippen LogP contribution is -2.44. The molecule has 0 radical (unpaired) electrons. The van der Waals surface area contributed by atoms with Gasteiger partial charge in [-0.1, -0.05) is 0 Å². The van der Waals surface area contributed by atoms with Crippen LogP contribution in [-0.2, 0) is 6.54 Å². The third kappa shape index (κ3) is 2.92. The van der Waals surface area contributed by atoms with E-state index in [-0.39, 0.29) is 6.03 Å². The summed E-state index contributed by atoms with van der Waals surface area (Å²) in [6, 6.07) is 2.06. The Morgan fingerprint density at radius 2 is 2.38 bits per heavy atom. The highest BCUT2D eigenvalue weighted by molar-refractivity contribution is 5.74. The summed E-state index contributed by atoms with van der Waals surface area (Å²) in [4.78, 5) is 19.6. The molecule has 1 heterocycles. The minimum Gasteiger partial charge on any atom is -0.335 e. The Morgan fingerprint density at radius 3 is 3.00 bits per heavy atom. The zero-order valence-electron chi connectivity index (χ0n) is 9.36. The fourth-order valence-corrected chi connectivity index (χ4v) is 1.56. The predicted molar refractivity (Wildman–Crippen MR) is 59.8 cm³/mol. The smallest absolute Gasteiger partial charge is 0.315 e. The molecule has 2 rings (SSSR count). The highest BCUT2D eigenvalue weighted by atomic mass is 16.2. The number of nitrogens with one attached hydrogen (secondary N) is 2. The lowest BCUT2D eigenvalue weighted by molar-refractivity contribution is 0.228. The number of hydrogen-bond acceptors (Lipinski definition) is 3. The molecule has 1 saturated carbocycles. The largest absolute Gasteiger partial charge is 0.335 e. The van der Waals surface area contributed by atoms with Crippen molar-refractivity contribution in [2.75, 3.05) is 0 Å². The topological polar surface area (TPSA) is 66.9 Å². The summed E-state index contributed by atoms with van der Waals surface area (Å²) in [7, 11) is 0. The second-order valence-electron chi connectivity index (χ2n) is 4.05. The van der Waals surface area contributed by atoms with E-state index in [0.717, 1.165) is 24.4 Å². The molecule has 0 aromatic carbocycles. The van der Waals surface area contributed by atoms with E-state index in [1.807, 2.05) is 6.92 Å². The molecular weight excluding hydrogens is 204 g/mol. The van der Waals surface area contributed by atoms with Crippen LogP contribution in [0.2, 0.25) is 0 Å². The molecule has 0 unspecified atom stereocenters. The number of rotatable bonds is 3. The van der Waals surface area contributed by atoms with Gasteiger partial charge < -0.3 is 10.6 Å². The maximum absolute atomic E-state index is 11.4. The van der Waals surface area contributed by atoms with E-state index in [1.54, 1.807) is 12.3 Å². The highest BCUT2D eigenvalue weighted by Crippen LogP contribution is 2.17. The quantitative estimate of drug-likeness (QED) is 0.802. The molecule has 0 aliphatic heterocycles. The molecule has 1 fully saturated rings. The van der Waals surface area contributed by atoms with Crippen LogP contribution >= 0.6 is 0 Å². The van der Waals surface area contributed by atoms with Crippen LogP contribution in [0.25, 0.3) is 0 Å². The number of carbonyl (C=O) groups is 1. The molecular formula is C11H16N4O. The van der Waals surface area contributed by atoms with Crippen LogP contribution < -0.4 is 10.6 Å². The van der Waals surface area contributed by atoms with E-state index >= 15 is 0 Å². The second-order valence-corrected chi connectivity index (χ2v) is 4.05. The molecule has 2 amide bonds. The number of urea groups is 1. The number of nitrogens with zero attached hydrogens (tertiary/aromatic N) is 2. The summed E-state index contributed by atoms with van der Waals surface area (Å²) >= 11 is 0. The van der Waals surface area contributed by atoms with E-state index in [1.165, 1.54) is 6.42 Å². The first-order chi connectivity index (χ1) is 7.74. The minimum absolute atomic E-state index is 0.110. The molecule has 0 bridgehead atoms. The summed E-state index contributed by atoms with van der Waals surface area (Å²) in [5.74, 6) is 0.721. The molecule has 5 nitrogen and oxygen atoms in total. The van der Waals surface area contributed by atoms with Crippen molar-refractivity contribution in [3.8, 4) is 0 Å².